The summed E-state index contributed by atoms with van der Waals surface area (Å²) in [6, 6.07) is 6.76. The quantitative estimate of drug-likeness (QED) is 0.873. The molecule has 6 heteroatoms. The molecule has 0 aliphatic carbocycles. The van der Waals surface area contributed by atoms with E-state index in [9.17, 15) is 9.59 Å². The number of rotatable bonds is 3. The number of carboxylic acid groups (broad SMARTS) is 1. The first kappa shape index (κ1) is 12.1. The standard InChI is InChI=1S/C12H12N2O4/c1-18-9-4-2-3-8(7-9)14-11(15)6-5-10(13-14)12(16)17/h2-4,7H,5-6H2,1H3,(H,16,17). The van der Waals surface area contributed by atoms with Gasteiger partial charge >= 0.3 is 5.97 Å². The highest BCUT2D eigenvalue weighted by Crippen LogP contribution is 2.24. The van der Waals surface area contributed by atoms with Crippen molar-refractivity contribution in [1.82, 2.24) is 0 Å². The summed E-state index contributed by atoms with van der Waals surface area (Å²) in [5.74, 6) is -0.749. The second kappa shape index (κ2) is 4.87. The summed E-state index contributed by atoms with van der Waals surface area (Å²) in [6.45, 7) is 0. The van der Waals surface area contributed by atoms with E-state index in [1.165, 1.54) is 7.11 Å². The monoisotopic (exact) mass is 248 g/mol. The second-order valence-corrected chi connectivity index (χ2v) is 3.76. The van der Waals surface area contributed by atoms with E-state index in [1.807, 2.05) is 0 Å². The van der Waals surface area contributed by atoms with Crippen LogP contribution in [0.4, 0.5) is 5.69 Å². The van der Waals surface area contributed by atoms with E-state index < -0.39 is 5.97 Å². The fourth-order valence-corrected chi connectivity index (χ4v) is 1.65. The van der Waals surface area contributed by atoms with Gasteiger partial charge in [-0.2, -0.15) is 5.10 Å². The summed E-state index contributed by atoms with van der Waals surface area (Å²) in [7, 11) is 1.52. The van der Waals surface area contributed by atoms with E-state index in [0.29, 0.717) is 11.4 Å². The minimum atomic E-state index is -1.10. The summed E-state index contributed by atoms with van der Waals surface area (Å²) < 4.78 is 5.05. The number of hydrazone groups is 1. The molecule has 0 atom stereocenters. The Kier molecular flexibility index (Phi) is 3.27. The molecule has 0 aromatic heterocycles. The molecule has 1 heterocycles. The first-order valence-electron chi connectivity index (χ1n) is 5.39. The minimum Gasteiger partial charge on any atom is -0.497 e. The smallest absolute Gasteiger partial charge is 0.352 e. The molecule has 0 unspecified atom stereocenters. The topological polar surface area (TPSA) is 79.2 Å². The normalized spacial score (nSPS) is 15.3. The van der Waals surface area contributed by atoms with Crippen molar-refractivity contribution in [2.24, 2.45) is 5.10 Å². The van der Waals surface area contributed by atoms with Gasteiger partial charge in [0.2, 0.25) is 5.91 Å². The number of aliphatic carboxylic acids is 1. The van der Waals surface area contributed by atoms with Crippen molar-refractivity contribution in [3.63, 3.8) is 0 Å². The van der Waals surface area contributed by atoms with Crippen molar-refractivity contribution in [3.05, 3.63) is 24.3 Å². The zero-order chi connectivity index (χ0) is 13.1. The molecular formula is C12H12N2O4. The lowest BCUT2D eigenvalue weighted by molar-refractivity contribution is -0.129. The van der Waals surface area contributed by atoms with Crippen molar-refractivity contribution in [2.75, 3.05) is 12.1 Å². The maximum absolute atomic E-state index is 11.7. The molecule has 1 N–H and O–H groups in total. The number of carbonyl (C=O) groups is 2. The molecule has 1 aromatic rings. The molecule has 0 radical (unpaired) electrons. The lowest BCUT2D eigenvalue weighted by atomic mass is 10.1. The van der Waals surface area contributed by atoms with Crippen LogP contribution in [-0.2, 0) is 9.59 Å². The van der Waals surface area contributed by atoms with Gasteiger partial charge in [-0.05, 0) is 12.1 Å². The number of hydrogen-bond donors (Lipinski definition) is 1. The summed E-state index contributed by atoms with van der Waals surface area (Å²) in [6.07, 6.45) is 0.303. The van der Waals surface area contributed by atoms with Crippen LogP contribution in [0.2, 0.25) is 0 Å². The maximum atomic E-state index is 11.7. The van der Waals surface area contributed by atoms with Crippen LogP contribution in [0.3, 0.4) is 0 Å². The Morgan fingerprint density at radius 2 is 2.22 bits per heavy atom. The number of hydrogen-bond acceptors (Lipinski definition) is 4. The van der Waals surface area contributed by atoms with Crippen molar-refractivity contribution in [2.45, 2.75) is 12.8 Å². The minimum absolute atomic E-state index is 0.0163. The number of methoxy groups -OCH3 is 1. The van der Waals surface area contributed by atoms with E-state index in [0.717, 1.165) is 5.01 Å². The average Bonchev–Trinajstić information content (AvgIpc) is 2.39. The van der Waals surface area contributed by atoms with Gasteiger partial charge in [-0.1, -0.05) is 6.07 Å². The molecule has 1 aromatic carbocycles. The van der Waals surface area contributed by atoms with E-state index >= 15 is 0 Å². The van der Waals surface area contributed by atoms with Gasteiger partial charge in [0.25, 0.3) is 0 Å². The van der Waals surface area contributed by atoms with Gasteiger partial charge in [-0.25, -0.2) is 9.80 Å². The van der Waals surface area contributed by atoms with Crippen molar-refractivity contribution in [3.8, 4) is 5.75 Å². The number of benzene rings is 1. The van der Waals surface area contributed by atoms with Crippen LogP contribution in [0.25, 0.3) is 0 Å². The first-order chi connectivity index (χ1) is 8.61. The molecule has 2 rings (SSSR count). The molecule has 6 nitrogen and oxygen atoms in total. The summed E-state index contributed by atoms with van der Waals surface area (Å²) in [4.78, 5) is 22.6. The van der Waals surface area contributed by atoms with E-state index in [2.05, 4.69) is 5.10 Å². The Morgan fingerprint density at radius 1 is 1.44 bits per heavy atom. The molecule has 0 spiro atoms. The molecule has 1 aliphatic rings. The fourth-order valence-electron chi connectivity index (χ4n) is 1.65. The number of anilines is 1. The lowest BCUT2D eigenvalue weighted by Gasteiger charge is -2.22. The highest BCUT2D eigenvalue weighted by atomic mass is 16.5. The van der Waals surface area contributed by atoms with Crippen LogP contribution >= 0.6 is 0 Å². The zero-order valence-corrected chi connectivity index (χ0v) is 9.79. The zero-order valence-electron chi connectivity index (χ0n) is 9.79. The highest BCUT2D eigenvalue weighted by molar-refractivity contribution is 6.37. The van der Waals surface area contributed by atoms with Crippen molar-refractivity contribution >= 4 is 23.3 Å². The van der Waals surface area contributed by atoms with Gasteiger partial charge in [0.05, 0.1) is 12.8 Å². The van der Waals surface area contributed by atoms with Crippen LogP contribution in [0.15, 0.2) is 29.4 Å². The molecule has 18 heavy (non-hydrogen) atoms. The number of nitrogens with zero attached hydrogens (tertiary/aromatic N) is 2. The van der Waals surface area contributed by atoms with Crippen LogP contribution in [0.1, 0.15) is 12.8 Å². The Morgan fingerprint density at radius 3 is 2.89 bits per heavy atom. The number of ether oxygens (including phenoxy) is 1. The first-order valence-corrected chi connectivity index (χ1v) is 5.39. The van der Waals surface area contributed by atoms with Crippen LogP contribution in [-0.4, -0.2) is 29.8 Å². The molecule has 1 amide bonds. The number of carboxylic acids is 1. The SMILES string of the molecule is COc1cccc(N2N=C(C(=O)O)CCC2=O)c1. The molecular weight excluding hydrogens is 236 g/mol. The van der Waals surface area contributed by atoms with Gasteiger partial charge in [0.1, 0.15) is 11.5 Å². The van der Waals surface area contributed by atoms with Crippen LogP contribution < -0.4 is 9.75 Å². The van der Waals surface area contributed by atoms with Crippen molar-refractivity contribution in [1.29, 1.82) is 0 Å². The van der Waals surface area contributed by atoms with Gasteiger partial charge in [-0.3, -0.25) is 4.79 Å². The predicted octanol–water partition coefficient (Wildman–Crippen LogP) is 1.26. The average molecular weight is 248 g/mol. The lowest BCUT2D eigenvalue weighted by Crippen LogP contribution is -2.34. The Balaban J connectivity index is 2.37. The fraction of sp³-hybridized carbons (Fsp3) is 0.250. The van der Waals surface area contributed by atoms with Gasteiger partial charge in [-0.15, -0.1) is 0 Å². The summed E-state index contributed by atoms with van der Waals surface area (Å²) in [5.41, 5.74) is 0.482. The molecule has 94 valence electrons. The largest absolute Gasteiger partial charge is 0.497 e. The van der Waals surface area contributed by atoms with Crippen LogP contribution in [0, 0.1) is 0 Å². The van der Waals surface area contributed by atoms with Gasteiger partial charge in [0, 0.05) is 18.9 Å². The third kappa shape index (κ3) is 2.32. The Labute approximate surface area is 103 Å². The molecule has 1 aliphatic heterocycles. The molecule has 0 saturated heterocycles. The number of carbonyl (C=O) groups excluding carboxylic acids is 1. The Bertz CT molecular complexity index is 525. The summed E-state index contributed by atoms with van der Waals surface area (Å²) >= 11 is 0. The third-order valence-electron chi connectivity index (χ3n) is 2.58. The third-order valence-corrected chi connectivity index (χ3v) is 2.58. The van der Waals surface area contributed by atoms with E-state index in [-0.39, 0.29) is 24.5 Å². The molecule has 0 bridgehead atoms. The van der Waals surface area contributed by atoms with Crippen LogP contribution in [0.5, 0.6) is 5.75 Å². The maximum Gasteiger partial charge on any atom is 0.352 e. The Hall–Kier alpha value is -2.37. The molecule has 0 saturated carbocycles. The van der Waals surface area contributed by atoms with E-state index in [1.54, 1.807) is 24.3 Å². The summed E-state index contributed by atoms with van der Waals surface area (Å²) in [5, 5.41) is 13.9. The number of amides is 1. The second-order valence-electron chi connectivity index (χ2n) is 3.76. The van der Waals surface area contributed by atoms with Gasteiger partial charge < -0.3 is 9.84 Å². The van der Waals surface area contributed by atoms with Crippen molar-refractivity contribution < 1.29 is 19.4 Å². The predicted molar refractivity (Wildman–Crippen MR) is 64.8 cm³/mol. The molecule has 0 fully saturated rings. The van der Waals surface area contributed by atoms with Gasteiger partial charge in [0.15, 0.2) is 0 Å². The highest BCUT2D eigenvalue weighted by Gasteiger charge is 2.25. The van der Waals surface area contributed by atoms with E-state index in [4.69, 9.17) is 9.84 Å².